The van der Waals surface area contributed by atoms with Crippen LogP contribution in [0.3, 0.4) is 0 Å². The van der Waals surface area contributed by atoms with E-state index in [4.69, 9.17) is 14.2 Å². The zero-order chi connectivity index (χ0) is 56.1. The van der Waals surface area contributed by atoms with Gasteiger partial charge in [0.15, 0.2) is 12.4 Å². The topological polar surface area (TPSA) is 175 Å². The minimum Gasteiger partial charge on any atom is -0.454 e. The van der Waals surface area contributed by atoms with Gasteiger partial charge < -0.3 is 45.1 Å². The van der Waals surface area contributed by atoms with Crippen LogP contribution in [0.4, 0.5) is 0 Å². The van der Waals surface area contributed by atoms with E-state index in [0.29, 0.717) is 12.8 Å². The fourth-order valence-corrected chi connectivity index (χ4v) is 9.50. The molecule has 0 spiro atoms. The first kappa shape index (κ1) is 72.1. The molecule has 0 saturated carbocycles. The molecule has 11 nitrogen and oxygen atoms in total. The van der Waals surface area contributed by atoms with Crippen LogP contribution in [0.25, 0.3) is 0 Å². The van der Waals surface area contributed by atoms with Crippen molar-refractivity contribution in [2.75, 3.05) is 13.2 Å². The molecule has 77 heavy (non-hydrogen) atoms. The number of amides is 1. The van der Waals surface area contributed by atoms with Gasteiger partial charge >= 0.3 is 5.97 Å². The Balaban J connectivity index is 2.54. The van der Waals surface area contributed by atoms with E-state index in [0.717, 1.165) is 96.3 Å². The van der Waals surface area contributed by atoms with E-state index in [1.54, 1.807) is 6.08 Å². The Bertz CT molecular complexity index is 1530. The number of hydrogen-bond donors (Lipinski definition) is 6. The molecule has 0 bridgehead atoms. The summed E-state index contributed by atoms with van der Waals surface area (Å²) >= 11 is 0. The Morgan fingerprint density at radius 1 is 0.506 bits per heavy atom. The predicted molar refractivity (Wildman–Crippen MR) is 319 cm³/mol. The van der Waals surface area contributed by atoms with Crippen LogP contribution in [0, 0.1) is 0 Å². The number of esters is 1. The molecule has 1 rings (SSSR count). The molecule has 0 aromatic carbocycles. The zero-order valence-corrected chi connectivity index (χ0v) is 49.3. The Morgan fingerprint density at radius 2 is 0.909 bits per heavy atom. The maximum absolute atomic E-state index is 13.3. The van der Waals surface area contributed by atoms with Gasteiger partial charge in [-0.15, -0.1) is 0 Å². The van der Waals surface area contributed by atoms with E-state index in [2.05, 4.69) is 86.8 Å². The average Bonchev–Trinajstić information content (AvgIpc) is 3.43. The molecule has 1 heterocycles. The lowest BCUT2D eigenvalue weighted by atomic mass is 9.99. The Labute approximate surface area is 471 Å². The molecule has 11 heteroatoms. The molecule has 446 valence electrons. The predicted octanol–water partition coefficient (Wildman–Crippen LogP) is 15.2. The molecule has 0 aromatic rings. The third kappa shape index (κ3) is 41.7. The molecule has 8 atom stereocenters. The number of rotatable bonds is 53. The van der Waals surface area contributed by atoms with E-state index in [1.165, 1.54) is 128 Å². The number of ether oxygens (including phenoxy) is 3. The second kappa shape index (κ2) is 53.7. The molecule has 1 aliphatic heterocycles. The number of aliphatic hydroxyl groups is 5. The van der Waals surface area contributed by atoms with E-state index >= 15 is 0 Å². The third-order valence-corrected chi connectivity index (χ3v) is 14.6. The number of aliphatic hydroxyl groups excluding tert-OH is 5. The number of unbranched alkanes of at least 4 members (excludes halogenated alkanes) is 29. The van der Waals surface area contributed by atoms with Gasteiger partial charge in [0, 0.05) is 6.42 Å². The maximum atomic E-state index is 13.3. The van der Waals surface area contributed by atoms with Crippen molar-refractivity contribution in [1.29, 1.82) is 0 Å². The van der Waals surface area contributed by atoms with Crippen molar-refractivity contribution >= 4 is 11.9 Å². The van der Waals surface area contributed by atoms with Gasteiger partial charge in [-0.3, -0.25) is 9.59 Å². The van der Waals surface area contributed by atoms with Crippen LogP contribution in [0.15, 0.2) is 72.9 Å². The normalized spacial score (nSPS) is 19.5. The van der Waals surface area contributed by atoms with Gasteiger partial charge in [0.1, 0.15) is 24.4 Å². The van der Waals surface area contributed by atoms with Crippen molar-refractivity contribution in [1.82, 2.24) is 5.32 Å². The molecule has 0 radical (unpaired) electrons. The number of carbonyl (C=O) groups is 2. The summed E-state index contributed by atoms with van der Waals surface area (Å²) in [5.41, 5.74) is 0. The lowest BCUT2D eigenvalue weighted by Gasteiger charge is -2.41. The summed E-state index contributed by atoms with van der Waals surface area (Å²) in [6, 6.07) is -1.03. The van der Waals surface area contributed by atoms with Gasteiger partial charge in [-0.2, -0.15) is 0 Å². The minimum atomic E-state index is -1.62. The Morgan fingerprint density at radius 3 is 1.42 bits per heavy atom. The number of allylic oxidation sites excluding steroid dienone is 11. The lowest BCUT2D eigenvalue weighted by molar-refractivity contribution is -0.305. The van der Waals surface area contributed by atoms with Crippen molar-refractivity contribution in [3.05, 3.63) is 72.9 Å². The first-order chi connectivity index (χ1) is 37.7. The lowest BCUT2D eigenvalue weighted by Crippen LogP contribution is -2.61. The highest BCUT2D eigenvalue weighted by Gasteiger charge is 2.47. The average molecular weight is 1080 g/mol. The molecule has 1 aliphatic rings. The molecule has 1 saturated heterocycles. The number of carbonyl (C=O) groups excluding carboxylic acids is 2. The Kier molecular flexibility index (Phi) is 50.3. The standard InChI is InChI=1S/C66H117NO10/c1-4-7-10-13-16-19-22-23-24-25-26-27-28-29-30-31-32-33-34-35-36-37-39-42-45-48-51-54-61(71)77-64-63(73)62(72)60(55-68)76-66(64)75-56-57(58(69)52-49-46-43-41-38-20-17-14-11-8-5-2)67-65(74)59(70)53-50-47-44-40-21-18-15-12-9-6-3/h15-16,18-19,23-24,26-27,29-30,49,52,57-60,62-64,66,68-70,72-73H,4-14,17,20-22,25,28,31-48,50-51,53-56H2,1-3H3,(H,67,74)/b18-15-,19-16-,24-23-,27-26-,30-29-,52-49+. The molecule has 8 unspecified atom stereocenters. The van der Waals surface area contributed by atoms with Crippen LogP contribution in [-0.2, 0) is 23.8 Å². The summed E-state index contributed by atoms with van der Waals surface area (Å²) in [7, 11) is 0. The quantitative estimate of drug-likeness (QED) is 0.0195. The van der Waals surface area contributed by atoms with Crippen LogP contribution in [0.5, 0.6) is 0 Å². The highest BCUT2D eigenvalue weighted by molar-refractivity contribution is 5.80. The summed E-state index contributed by atoms with van der Waals surface area (Å²) in [6.45, 7) is 5.69. The van der Waals surface area contributed by atoms with Crippen molar-refractivity contribution in [3.8, 4) is 0 Å². The highest BCUT2D eigenvalue weighted by atomic mass is 16.7. The fraction of sp³-hybridized carbons (Fsp3) is 0.788. The summed E-state index contributed by atoms with van der Waals surface area (Å²) in [5, 5.41) is 56.8. The van der Waals surface area contributed by atoms with Gasteiger partial charge in [-0.25, -0.2) is 0 Å². The van der Waals surface area contributed by atoms with Crippen LogP contribution in [-0.4, -0.2) is 99.6 Å². The molecular weight excluding hydrogens is 967 g/mol. The molecule has 6 N–H and O–H groups in total. The molecule has 0 aliphatic carbocycles. The summed E-state index contributed by atoms with van der Waals surface area (Å²) in [6.07, 6.45) is 58.2. The van der Waals surface area contributed by atoms with E-state index < -0.39 is 67.4 Å². The molecule has 1 amide bonds. The third-order valence-electron chi connectivity index (χ3n) is 14.6. The van der Waals surface area contributed by atoms with Crippen molar-refractivity contribution in [3.63, 3.8) is 0 Å². The maximum Gasteiger partial charge on any atom is 0.306 e. The second-order valence-electron chi connectivity index (χ2n) is 21.8. The van der Waals surface area contributed by atoms with Crippen LogP contribution >= 0.6 is 0 Å². The number of hydrogen-bond acceptors (Lipinski definition) is 10. The van der Waals surface area contributed by atoms with Crippen molar-refractivity contribution in [2.24, 2.45) is 0 Å². The second-order valence-corrected chi connectivity index (χ2v) is 21.8. The Hall–Kier alpha value is -2.90. The van der Waals surface area contributed by atoms with Gasteiger partial charge in [0.25, 0.3) is 0 Å². The largest absolute Gasteiger partial charge is 0.454 e. The minimum absolute atomic E-state index is 0.117. The fourth-order valence-electron chi connectivity index (χ4n) is 9.50. The summed E-state index contributed by atoms with van der Waals surface area (Å²) in [4.78, 5) is 26.5. The van der Waals surface area contributed by atoms with Gasteiger partial charge in [-0.1, -0.05) is 248 Å². The number of nitrogens with one attached hydrogen (secondary N) is 1. The van der Waals surface area contributed by atoms with Crippen LogP contribution < -0.4 is 5.32 Å². The molecular formula is C66H117NO10. The summed E-state index contributed by atoms with van der Waals surface area (Å²) < 4.78 is 17.6. The molecule has 0 aromatic heterocycles. The van der Waals surface area contributed by atoms with Gasteiger partial charge in [-0.05, 0) is 89.9 Å². The first-order valence-corrected chi connectivity index (χ1v) is 31.7. The van der Waals surface area contributed by atoms with E-state index in [9.17, 15) is 35.1 Å². The van der Waals surface area contributed by atoms with Gasteiger partial charge in [0.05, 0.1) is 25.4 Å². The van der Waals surface area contributed by atoms with Crippen molar-refractivity contribution in [2.45, 2.75) is 320 Å². The van der Waals surface area contributed by atoms with Crippen LogP contribution in [0.2, 0.25) is 0 Å². The van der Waals surface area contributed by atoms with Crippen LogP contribution in [0.1, 0.15) is 271 Å². The summed E-state index contributed by atoms with van der Waals surface area (Å²) in [5.74, 6) is -1.21. The van der Waals surface area contributed by atoms with E-state index in [1.807, 2.05) is 6.08 Å². The smallest absolute Gasteiger partial charge is 0.306 e. The first-order valence-electron chi connectivity index (χ1n) is 31.7. The SMILES string of the molecule is CCCC/C=C\CCCCCCC(O)C(=O)NC(COC1OC(CO)C(O)C(O)C1OC(=O)CCCCCCCCCCCCC/C=C\C/C=C\C/C=C\C/C=C\CCCCC)C(O)/C=C/CCCCCCCCCCC. The monoisotopic (exact) mass is 1080 g/mol. The zero-order valence-electron chi connectivity index (χ0n) is 49.3. The molecule has 1 fully saturated rings. The highest BCUT2D eigenvalue weighted by Crippen LogP contribution is 2.26. The van der Waals surface area contributed by atoms with Gasteiger partial charge in [0.2, 0.25) is 5.91 Å². The van der Waals surface area contributed by atoms with Crippen molar-refractivity contribution < 1.29 is 49.3 Å². The van der Waals surface area contributed by atoms with E-state index in [-0.39, 0.29) is 19.4 Å².